The molecule has 2 rings (SSSR count). The summed E-state index contributed by atoms with van der Waals surface area (Å²) in [6.45, 7) is 3.76. The number of rotatable bonds is 4. The molecular formula is C15H15ClO4. The first-order chi connectivity index (χ1) is 9.51. The number of hydrogen-bond donors (Lipinski definition) is 0. The fraction of sp³-hybridized carbons (Fsp3) is 0.267. The van der Waals surface area contributed by atoms with Crippen molar-refractivity contribution in [3.8, 4) is 5.75 Å². The van der Waals surface area contributed by atoms with E-state index in [1.165, 1.54) is 7.11 Å². The smallest absolute Gasteiger partial charge is 0.373 e. The van der Waals surface area contributed by atoms with Gasteiger partial charge in [0.1, 0.15) is 11.5 Å². The molecule has 0 saturated heterocycles. The summed E-state index contributed by atoms with van der Waals surface area (Å²) in [5.74, 6) is 0.869. The molecule has 0 spiro atoms. The molecule has 0 bridgehead atoms. The number of carbonyl (C=O) groups excluding carboxylic acids is 1. The largest absolute Gasteiger partial charge is 0.482 e. The van der Waals surface area contributed by atoms with Crippen molar-refractivity contribution in [1.82, 2.24) is 0 Å². The molecule has 106 valence electrons. The monoisotopic (exact) mass is 294 g/mol. The van der Waals surface area contributed by atoms with Crippen molar-refractivity contribution < 1.29 is 18.7 Å². The first-order valence-electron chi connectivity index (χ1n) is 6.12. The van der Waals surface area contributed by atoms with Gasteiger partial charge in [0.05, 0.1) is 7.11 Å². The topological polar surface area (TPSA) is 48.7 Å². The molecule has 1 atom stereocenters. The van der Waals surface area contributed by atoms with Gasteiger partial charge in [0.2, 0.25) is 5.76 Å². The highest BCUT2D eigenvalue weighted by Gasteiger charge is 2.17. The van der Waals surface area contributed by atoms with E-state index in [1.54, 1.807) is 24.3 Å². The van der Waals surface area contributed by atoms with Gasteiger partial charge in [-0.05, 0) is 43.7 Å². The number of halogens is 1. The minimum atomic E-state index is -0.512. The number of hydrogen-bond acceptors (Lipinski definition) is 4. The highest BCUT2D eigenvalue weighted by molar-refractivity contribution is 6.30. The maximum absolute atomic E-state index is 11.3. The number of furan rings is 1. The van der Waals surface area contributed by atoms with Gasteiger partial charge in [0, 0.05) is 5.02 Å². The average Bonchev–Trinajstić information content (AvgIpc) is 2.91. The summed E-state index contributed by atoms with van der Waals surface area (Å²) in [5, 5.41) is 0.604. The van der Waals surface area contributed by atoms with E-state index < -0.39 is 5.97 Å². The van der Waals surface area contributed by atoms with Gasteiger partial charge in [-0.15, -0.1) is 0 Å². The van der Waals surface area contributed by atoms with E-state index in [1.807, 2.05) is 19.9 Å². The van der Waals surface area contributed by atoms with Gasteiger partial charge in [-0.3, -0.25) is 0 Å². The van der Waals surface area contributed by atoms with E-state index in [2.05, 4.69) is 4.74 Å². The van der Waals surface area contributed by atoms with Gasteiger partial charge in [-0.25, -0.2) is 4.79 Å². The highest BCUT2D eigenvalue weighted by atomic mass is 35.5. The normalized spacial score (nSPS) is 12.0. The minimum absolute atomic E-state index is 0.153. The van der Waals surface area contributed by atoms with E-state index in [0.717, 1.165) is 5.56 Å². The fourth-order valence-corrected chi connectivity index (χ4v) is 1.89. The van der Waals surface area contributed by atoms with Gasteiger partial charge >= 0.3 is 5.97 Å². The molecule has 0 saturated carbocycles. The number of aryl methyl sites for hydroxylation is 1. The Hall–Kier alpha value is -1.94. The van der Waals surface area contributed by atoms with Crippen LogP contribution in [0.2, 0.25) is 5.02 Å². The molecule has 1 heterocycles. The van der Waals surface area contributed by atoms with Crippen LogP contribution in [0.5, 0.6) is 5.75 Å². The van der Waals surface area contributed by atoms with Crippen LogP contribution in [0, 0.1) is 6.92 Å². The Morgan fingerprint density at radius 2 is 2.05 bits per heavy atom. The van der Waals surface area contributed by atoms with Crippen molar-refractivity contribution in [3.05, 3.63) is 52.4 Å². The summed E-state index contributed by atoms with van der Waals surface area (Å²) in [6, 6.07) is 8.68. The lowest BCUT2D eigenvalue weighted by Crippen LogP contribution is -2.03. The Kier molecular flexibility index (Phi) is 4.35. The van der Waals surface area contributed by atoms with E-state index >= 15 is 0 Å². The number of ether oxygens (including phenoxy) is 2. The van der Waals surface area contributed by atoms with Crippen LogP contribution in [0.1, 0.15) is 34.9 Å². The molecule has 2 aromatic rings. The third kappa shape index (κ3) is 3.14. The summed E-state index contributed by atoms with van der Waals surface area (Å²) in [7, 11) is 1.31. The number of methoxy groups -OCH3 is 1. The lowest BCUT2D eigenvalue weighted by Gasteiger charge is -2.14. The maximum atomic E-state index is 11.3. The second kappa shape index (κ2) is 6.01. The molecule has 0 aliphatic rings. The minimum Gasteiger partial charge on any atom is -0.482 e. The zero-order chi connectivity index (χ0) is 14.7. The molecule has 4 nitrogen and oxygen atoms in total. The first kappa shape index (κ1) is 14.5. The van der Waals surface area contributed by atoms with Gasteiger partial charge in [0.25, 0.3) is 0 Å². The fourth-order valence-electron chi connectivity index (χ4n) is 1.73. The van der Waals surface area contributed by atoms with Crippen LogP contribution in [0.4, 0.5) is 0 Å². The molecule has 5 heteroatoms. The van der Waals surface area contributed by atoms with Crippen LogP contribution in [-0.4, -0.2) is 13.1 Å². The molecule has 1 unspecified atom stereocenters. The van der Waals surface area contributed by atoms with Gasteiger partial charge in [-0.1, -0.05) is 17.7 Å². The Labute approximate surface area is 122 Å². The van der Waals surface area contributed by atoms with Crippen molar-refractivity contribution in [2.45, 2.75) is 20.0 Å². The molecule has 0 aliphatic carbocycles. The Morgan fingerprint density at radius 1 is 1.30 bits per heavy atom. The zero-order valence-corrected chi connectivity index (χ0v) is 12.2. The molecule has 1 aromatic heterocycles. The van der Waals surface area contributed by atoms with Crippen molar-refractivity contribution in [2.24, 2.45) is 0 Å². The van der Waals surface area contributed by atoms with Crippen LogP contribution >= 0.6 is 11.6 Å². The molecule has 20 heavy (non-hydrogen) atoms. The van der Waals surface area contributed by atoms with Crippen molar-refractivity contribution in [2.75, 3.05) is 7.11 Å². The highest BCUT2D eigenvalue weighted by Crippen LogP contribution is 2.28. The predicted octanol–water partition coefficient (Wildman–Crippen LogP) is 4.17. The van der Waals surface area contributed by atoms with Crippen molar-refractivity contribution >= 4 is 17.6 Å². The molecule has 0 radical (unpaired) electrons. The maximum Gasteiger partial charge on any atom is 0.373 e. The zero-order valence-electron chi connectivity index (χ0n) is 11.5. The van der Waals surface area contributed by atoms with Gasteiger partial charge in [0.15, 0.2) is 6.10 Å². The van der Waals surface area contributed by atoms with E-state index in [4.69, 9.17) is 20.8 Å². The first-order valence-corrected chi connectivity index (χ1v) is 6.50. The van der Waals surface area contributed by atoms with Crippen LogP contribution in [-0.2, 0) is 4.74 Å². The van der Waals surface area contributed by atoms with Crippen LogP contribution < -0.4 is 4.74 Å². The molecule has 0 amide bonds. The summed E-state index contributed by atoms with van der Waals surface area (Å²) in [6.07, 6.45) is -0.342. The Morgan fingerprint density at radius 3 is 2.75 bits per heavy atom. The summed E-state index contributed by atoms with van der Waals surface area (Å²) in [4.78, 5) is 11.3. The van der Waals surface area contributed by atoms with Gasteiger partial charge < -0.3 is 13.9 Å². The molecule has 1 aromatic carbocycles. The summed E-state index contributed by atoms with van der Waals surface area (Å²) < 4.78 is 15.8. The standard InChI is InChI=1S/C15H15ClO4/c1-9-4-5-11(16)8-14(9)19-10(2)12-6-7-13(20-12)15(17)18-3/h4-8,10H,1-3H3. The Balaban J connectivity index is 2.15. The lowest BCUT2D eigenvalue weighted by atomic mass is 10.2. The van der Waals surface area contributed by atoms with Crippen molar-refractivity contribution in [3.63, 3.8) is 0 Å². The molecule has 0 aliphatic heterocycles. The quantitative estimate of drug-likeness (QED) is 0.794. The second-order valence-electron chi connectivity index (χ2n) is 4.36. The van der Waals surface area contributed by atoms with Crippen LogP contribution in [0.15, 0.2) is 34.7 Å². The third-order valence-corrected chi connectivity index (χ3v) is 3.10. The number of benzene rings is 1. The van der Waals surface area contributed by atoms with Crippen LogP contribution in [0.3, 0.4) is 0 Å². The summed E-state index contributed by atoms with van der Waals surface area (Å²) in [5.41, 5.74) is 0.973. The predicted molar refractivity (Wildman–Crippen MR) is 75.3 cm³/mol. The van der Waals surface area contributed by atoms with E-state index in [-0.39, 0.29) is 11.9 Å². The number of carbonyl (C=O) groups is 1. The molecule has 0 fully saturated rings. The molecule has 0 N–H and O–H groups in total. The molecular weight excluding hydrogens is 280 g/mol. The van der Waals surface area contributed by atoms with E-state index in [9.17, 15) is 4.79 Å². The van der Waals surface area contributed by atoms with Gasteiger partial charge in [-0.2, -0.15) is 0 Å². The second-order valence-corrected chi connectivity index (χ2v) is 4.80. The third-order valence-electron chi connectivity index (χ3n) is 2.87. The Bertz CT molecular complexity index is 618. The van der Waals surface area contributed by atoms with Crippen LogP contribution in [0.25, 0.3) is 0 Å². The average molecular weight is 295 g/mol. The summed E-state index contributed by atoms with van der Waals surface area (Å²) >= 11 is 5.95. The van der Waals surface area contributed by atoms with Crippen molar-refractivity contribution in [1.29, 1.82) is 0 Å². The number of esters is 1. The lowest BCUT2D eigenvalue weighted by molar-refractivity contribution is 0.0558. The SMILES string of the molecule is COC(=O)c1ccc(C(C)Oc2cc(Cl)ccc2C)o1. The van der Waals surface area contributed by atoms with E-state index in [0.29, 0.717) is 16.5 Å².